The summed E-state index contributed by atoms with van der Waals surface area (Å²) in [5.41, 5.74) is 14.6. The van der Waals surface area contributed by atoms with E-state index in [1.807, 2.05) is 12.3 Å². The van der Waals surface area contributed by atoms with Crippen LogP contribution < -0.4 is 4.90 Å². The molecule has 0 N–H and O–H groups in total. The molecule has 0 aliphatic heterocycles. The van der Waals surface area contributed by atoms with Crippen molar-refractivity contribution in [3.63, 3.8) is 0 Å². The van der Waals surface area contributed by atoms with Crippen molar-refractivity contribution < 1.29 is 0 Å². The van der Waals surface area contributed by atoms with E-state index in [1.54, 1.807) is 0 Å². The average molecular weight is 749 g/mol. The molecule has 0 radical (unpaired) electrons. The maximum Gasteiger partial charge on any atom is 0.137 e. The van der Waals surface area contributed by atoms with Gasteiger partial charge >= 0.3 is 0 Å². The minimum absolute atomic E-state index is 0.871. The molecule has 10 aromatic carbocycles. The molecule has 0 spiro atoms. The first kappa shape index (κ1) is 33.3. The van der Waals surface area contributed by atoms with Gasteiger partial charge in [-0.05, 0) is 130 Å². The van der Waals surface area contributed by atoms with Gasteiger partial charge in [-0.1, -0.05) is 176 Å². The number of hydrogen-bond acceptors (Lipinski definition) is 2. The van der Waals surface area contributed by atoms with E-state index in [2.05, 4.69) is 211 Å². The molecule has 274 valence electrons. The van der Waals surface area contributed by atoms with E-state index >= 15 is 0 Å². The van der Waals surface area contributed by atoms with Gasteiger partial charge in [0.25, 0.3) is 0 Å². The van der Waals surface area contributed by atoms with E-state index < -0.39 is 0 Å². The molecule has 1 aliphatic rings. The molecule has 2 nitrogen and oxygen atoms in total. The van der Waals surface area contributed by atoms with Crippen molar-refractivity contribution in [1.29, 1.82) is 0 Å². The van der Waals surface area contributed by atoms with Crippen LogP contribution in [0.15, 0.2) is 219 Å². The van der Waals surface area contributed by atoms with Crippen molar-refractivity contribution in [3.8, 4) is 55.6 Å². The topological polar surface area (TPSA) is 16.1 Å². The van der Waals surface area contributed by atoms with Crippen LogP contribution in [-0.4, -0.2) is 4.98 Å². The van der Waals surface area contributed by atoms with E-state index in [0.717, 1.165) is 17.2 Å². The van der Waals surface area contributed by atoms with E-state index in [9.17, 15) is 0 Å². The van der Waals surface area contributed by atoms with Crippen molar-refractivity contribution in [2.45, 2.75) is 0 Å². The fraction of sp³-hybridized carbons (Fsp3) is 0. The predicted octanol–water partition coefficient (Wildman–Crippen LogP) is 15.8. The quantitative estimate of drug-likeness (QED) is 0.157. The second-order valence-electron chi connectivity index (χ2n) is 15.4. The van der Waals surface area contributed by atoms with Crippen LogP contribution in [-0.2, 0) is 0 Å². The van der Waals surface area contributed by atoms with E-state index in [0.29, 0.717) is 0 Å². The van der Waals surface area contributed by atoms with Crippen LogP contribution in [0.2, 0.25) is 0 Å². The highest BCUT2D eigenvalue weighted by atomic mass is 15.2. The molecule has 1 heterocycles. The molecule has 0 amide bonds. The zero-order valence-corrected chi connectivity index (χ0v) is 32.2. The summed E-state index contributed by atoms with van der Waals surface area (Å²) in [5, 5.41) is 9.88. The Hall–Kier alpha value is -7.81. The van der Waals surface area contributed by atoms with Crippen LogP contribution >= 0.6 is 0 Å². The molecule has 2 heteroatoms. The average Bonchev–Trinajstić information content (AvgIpc) is 3.65. The molecule has 12 rings (SSSR count). The zero-order chi connectivity index (χ0) is 38.9. The third-order valence-electron chi connectivity index (χ3n) is 12.2. The first-order valence-corrected chi connectivity index (χ1v) is 20.3. The first-order chi connectivity index (χ1) is 29.3. The molecular formula is C57H36N2. The highest BCUT2D eigenvalue weighted by Crippen LogP contribution is 2.53. The number of rotatable bonds is 6. The summed E-state index contributed by atoms with van der Waals surface area (Å²) in [4.78, 5) is 7.35. The van der Waals surface area contributed by atoms with Crippen LogP contribution in [0.3, 0.4) is 0 Å². The fourth-order valence-electron chi connectivity index (χ4n) is 9.74. The van der Waals surface area contributed by atoms with Crippen LogP contribution in [0.4, 0.5) is 17.2 Å². The van der Waals surface area contributed by atoms with Crippen molar-refractivity contribution in [3.05, 3.63) is 219 Å². The Labute approximate surface area is 342 Å². The monoisotopic (exact) mass is 748 g/mol. The van der Waals surface area contributed by atoms with Gasteiger partial charge in [0.15, 0.2) is 0 Å². The van der Waals surface area contributed by atoms with Gasteiger partial charge in [0, 0.05) is 17.3 Å². The minimum atomic E-state index is 0.871. The number of pyridine rings is 1. The Morgan fingerprint density at radius 2 is 0.881 bits per heavy atom. The van der Waals surface area contributed by atoms with Gasteiger partial charge in [0.2, 0.25) is 0 Å². The van der Waals surface area contributed by atoms with Crippen molar-refractivity contribution >= 4 is 60.3 Å². The van der Waals surface area contributed by atoms with Gasteiger partial charge in [-0.25, -0.2) is 4.98 Å². The van der Waals surface area contributed by atoms with E-state index in [4.69, 9.17) is 4.98 Å². The summed E-state index contributed by atoms with van der Waals surface area (Å²) in [6, 6.07) is 77.4. The third-order valence-corrected chi connectivity index (χ3v) is 12.2. The molecular weight excluding hydrogens is 713 g/mol. The largest absolute Gasteiger partial charge is 0.294 e. The second kappa shape index (κ2) is 13.4. The molecule has 0 unspecified atom stereocenters. The highest BCUT2D eigenvalue weighted by molar-refractivity contribution is 6.33. The molecule has 0 saturated heterocycles. The van der Waals surface area contributed by atoms with Gasteiger partial charge in [-0.2, -0.15) is 0 Å². The van der Waals surface area contributed by atoms with Gasteiger partial charge in [0.1, 0.15) is 5.82 Å². The number of benzene rings is 10. The van der Waals surface area contributed by atoms with Crippen molar-refractivity contribution in [1.82, 2.24) is 4.98 Å². The molecule has 0 bridgehead atoms. The number of aromatic nitrogens is 1. The van der Waals surface area contributed by atoms with Crippen molar-refractivity contribution in [2.75, 3.05) is 4.90 Å². The third kappa shape index (κ3) is 5.17. The molecule has 1 aromatic heterocycles. The Bertz CT molecular complexity index is 3380. The lowest BCUT2D eigenvalue weighted by Gasteiger charge is -2.27. The normalized spacial score (nSPS) is 11.7. The zero-order valence-electron chi connectivity index (χ0n) is 32.2. The lowest BCUT2D eigenvalue weighted by molar-refractivity contribution is 1.19. The number of nitrogens with zero attached hydrogens (tertiary/aromatic N) is 2. The molecule has 1 aliphatic carbocycles. The Kier molecular flexibility index (Phi) is 7.57. The summed E-state index contributed by atoms with van der Waals surface area (Å²) >= 11 is 0. The summed E-state index contributed by atoms with van der Waals surface area (Å²) in [6.07, 6.45) is 1.89. The summed E-state index contributed by atoms with van der Waals surface area (Å²) in [6.45, 7) is 0. The highest BCUT2D eigenvalue weighted by Gasteiger charge is 2.26. The van der Waals surface area contributed by atoms with Crippen LogP contribution in [0, 0.1) is 0 Å². The first-order valence-electron chi connectivity index (χ1n) is 20.3. The molecule has 11 aromatic rings. The van der Waals surface area contributed by atoms with E-state index in [1.165, 1.54) is 98.7 Å². The molecule has 0 atom stereocenters. The van der Waals surface area contributed by atoms with Crippen LogP contribution in [0.25, 0.3) is 98.7 Å². The lowest BCUT2D eigenvalue weighted by atomic mass is 9.81. The Balaban J connectivity index is 1.21. The van der Waals surface area contributed by atoms with Crippen LogP contribution in [0.1, 0.15) is 0 Å². The molecule has 0 fully saturated rings. The van der Waals surface area contributed by atoms with Gasteiger partial charge < -0.3 is 0 Å². The minimum Gasteiger partial charge on any atom is -0.294 e. The predicted molar refractivity (Wildman–Crippen MR) is 250 cm³/mol. The molecule has 0 saturated carbocycles. The SMILES string of the molecule is c1ccc(-c2cc(-c3ccccc3)c3c4ccccc4c4cc(N(c5ccccn5)c5ccc6c7c(cccc57)-c5ccccc5-6)ccc4c3c2-c2ccccc2)cc1. The molecule has 59 heavy (non-hydrogen) atoms. The van der Waals surface area contributed by atoms with Gasteiger partial charge in [-0.15, -0.1) is 0 Å². The maximum atomic E-state index is 5.00. The summed E-state index contributed by atoms with van der Waals surface area (Å²) in [7, 11) is 0. The Morgan fingerprint density at radius 3 is 1.59 bits per heavy atom. The van der Waals surface area contributed by atoms with Crippen molar-refractivity contribution in [2.24, 2.45) is 0 Å². The van der Waals surface area contributed by atoms with E-state index in [-0.39, 0.29) is 0 Å². The fourth-order valence-corrected chi connectivity index (χ4v) is 9.74. The standard InChI is InChI=1S/C57H36N2/c1-4-17-37(18-5-1)49-36-50(38-19-6-2-7-20-38)56-45-26-13-12-25-43(45)51-35-40(30-31-47(51)57(56)54(49)39-21-8-3-9-22-39)59(53-29-14-15-34-58-53)52-33-32-46-42-24-11-10-23-41(42)44-27-16-28-48(52)55(44)46/h1-36H. The summed E-state index contributed by atoms with van der Waals surface area (Å²) < 4.78 is 0. The van der Waals surface area contributed by atoms with Gasteiger partial charge in [0.05, 0.1) is 5.69 Å². The number of fused-ring (bicyclic) bond motifs is 9. The number of hydrogen-bond donors (Lipinski definition) is 0. The number of anilines is 3. The van der Waals surface area contributed by atoms with Crippen LogP contribution in [0.5, 0.6) is 0 Å². The lowest BCUT2D eigenvalue weighted by Crippen LogP contribution is -2.12. The maximum absolute atomic E-state index is 5.00. The Morgan fingerprint density at radius 1 is 0.305 bits per heavy atom. The van der Waals surface area contributed by atoms with Gasteiger partial charge in [-0.3, -0.25) is 4.90 Å². The smallest absolute Gasteiger partial charge is 0.137 e. The summed E-state index contributed by atoms with van der Waals surface area (Å²) in [5.74, 6) is 0.871. The second-order valence-corrected chi connectivity index (χ2v) is 15.4.